The van der Waals surface area contributed by atoms with Gasteiger partial charge in [0, 0.05) is 0 Å². The molecule has 0 saturated heterocycles. The summed E-state index contributed by atoms with van der Waals surface area (Å²) in [5.41, 5.74) is 6.59. The molecule has 0 fully saturated rings. The van der Waals surface area contributed by atoms with Gasteiger partial charge in [-0.3, -0.25) is 5.84 Å². The summed E-state index contributed by atoms with van der Waals surface area (Å²) < 4.78 is 6.26. The molecule has 0 aliphatic carbocycles. The minimum atomic E-state index is -0.0162. The first-order valence-corrected chi connectivity index (χ1v) is 6.66. The molecule has 1 aromatic carbocycles. The van der Waals surface area contributed by atoms with Crippen molar-refractivity contribution in [2.45, 2.75) is 26.3 Å². The van der Waals surface area contributed by atoms with Crippen LogP contribution in [0.4, 0.5) is 0 Å². The first-order chi connectivity index (χ1) is 8.58. The highest BCUT2D eigenvalue weighted by molar-refractivity contribution is 9.10. The lowest BCUT2D eigenvalue weighted by molar-refractivity contribution is 0.404. The van der Waals surface area contributed by atoms with Gasteiger partial charge in [-0.15, -0.1) is 0 Å². The molecule has 1 heterocycles. The van der Waals surface area contributed by atoms with Crippen LogP contribution in [0.1, 0.15) is 28.5 Å². The molecule has 96 valence electrons. The molecule has 18 heavy (non-hydrogen) atoms. The highest BCUT2D eigenvalue weighted by atomic mass is 79.9. The highest BCUT2D eigenvalue weighted by Gasteiger charge is 2.14. The Morgan fingerprint density at radius 1 is 1.22 bits per heavy atom. The van der Waals surface area contributed by atoms with Crippen molar-refractivity contribution in [3.05, 3.63) is 57.5 Å². The van der Waals surface area contributed by atoms with Crippen molar-refractivity contribution in [3.8, 4) is 0 Å². The molecular weight excluding hydrogens is 292 g/mol. The van der Waals surface area contributed by atoms with Crippen molar-refractivity contribution in [2.24, 2.45) is 5.84 Å². The fourth-order valence-electron chi connectivity index (χ4n) is 2.18. The van der Waals surface area contributed by atoms with Crippen LogP contribution in [0, 0.1) is 13.8 Å². The molecule has 0 radical (unpaired) electrons. The number of furan rings is 1. The van der Waals surface area contributed by atoms with E-state index in [1.54, 1.807) is 0 Å². The topological polar surface area (TPSA) is 51.2 Å². The van der Waals surface area contributed by atoms with Gasteiger partial charge in [0.05, 0.1) is 6.04 Å². The molecule has 0 saturated carbocycles. The Balaban J connectivity index is 2.20. The fourth-order valence-corrected chi connectivity index (χ4v) is 2.50. The molecule has 4 heteroatoms. The zero-order valence-corrected chi connectivity index (χ0v) is 12.1. The predicted octanol–water partition coefficient (Wildman–Crippen LogP) is 3.41. The van der Waals surface area contributed by atoms with Gasteiger partial charge in [-0.05, 0) is 53.9 Å². The van der Waals surface area contributed by atoms with Crippen LogP contribution in [0.15, 0.2) is 39.4 Å². The normalized spacial score (nSPS) is 12.7. The Kier molecular flexibility index (Phi) is 4.22. The highest BCUT2D eigenvalue weighted by Crippen LogP contribution is 2.23. The molecule has 0 spiro atoms. The van der Waals surface area contributed by atoms with Gasteiger partial charge in [0.1, 0.15) is 5.76 Å². The Hall–Kier alpha value is -1.10. The van der Waals surface area contributed by atoms with E-state index in [0.717, 1.165) is 16.9 Å². The van der Waals surface area contributed by atoms with Crippen LogP contribution in [0.2, 0.25) is 0 Å². The van der Waals surface area contributed by atoms with Gasteiger partial charge >= 0.3 is 0 Å². The Bertz CT molecular complexity index is 516. The predicted molar refractivity (Wildman–Crippen MR) is 76.1 cm³/mol. The third-order valence-corrected chi connectivity index (χ3v) is 3.29. The first-order valence-electron chi connectivity index (χ1n) is 5.87. The number of aryl methyl sites for hydroxylation is 2. The van der Waals surface area contributed by atoms with E-state index in [1.807, 2.05) is 12.1 Å². The van der Waals surface area contributed by atoms with E-state index in [2.05, 4.69) is 53.4 Å². The van der Waals surface area contributed by atoms with Crippen LogP contribution in [0.3, 0.4) is 0 Å². The molecule has 3 nitrogen and oxygen atoms in total. The minimum absolute atomic E-state index is 0.0162. The molecule has 1 atom stereocenters. The van der Waals surface area contributed by atoms with Crippen molar-refractivity contribution in [1.29, 1.82) is 0 Å². The molecular formula is C14H17BrN2O. The maximum atomic E-state index is 5.61. The zero-order chi connectivity index (χ0) is 13.1. The average molecular weight is 309 g/mol. The maximum absolute atomic E-state index is 5.61. The van der Waals surface area contributed by atoms with Crippen LogP contribution in [-0.4, -0.2) is 0 Å². The third kappa shape index (κ3) is 3.22. The molecule has 0 aliphatic rings. The van der Waals surface area contributed by atoms with Gasteiger partial charge in [0.25, 0.3) is 0 Å². The van der Waals surface area contributed by atoms with Crippen LogP contribution < -0.4 is 11.3 Å². The molecule has 1 unspecified atom stereocenters. The molecule has 3 N–H and O–H groups in total. The molecule has 0 amide bonds. The summed E-state index contributed by atoms with van der Waals surface area (Å²) in [5, 5.41) is 0. The van der Waals surface area contributed by atoms with Crippen molar-refractivity contribution in [2.75, 3.05) is 0 Å². The summed E-state index contributed by atoms with van der Waals surface area (Å²) in [4.78, 5) is 0. The number of hydrazine groups is 1. The second-order valence-corrected chi connectivity index (χ2v) is 5.34. The largest absolute Gasteiger partial charge is 0.453 e. The van der Waals surface area contributed by atoms with E-state index >= 15 is 0 Å². The van der Waals surface area contributed by atoms with Gasteiger partial charge < -0.3 is 4.42 Å². The van der Waals surface area contributed by atoms with Crippen LogP contribution in [-0.2, 0) is 6.42 Å². The summed E-state index contributed by atoms with van der Waals surface area (Å²) in [7, 11) is 0. The zero-order valence-electron chi connectivity index (χ0n) is 10.5. The number of hydrogen-bond acceptors (Lipinski definition) is 3. The van der Waals surface area contributed by atoms with Gasteiger partial charge in [-0.2, -0.15) is 0 Å². The van der Waals surface area contributed by atoms with Gasteiger partial charge in [-0.25, -0.2) is 5.43 Å². The van der Waals surface area contributed by atoms with Crippen molar-refractivity contribution < 1.29 is 4.42 Å². The Morgan fingerprint density at radius 3 is 2.39 bits per heavy atom. The number of nitrogens with two attached hydrogens (primary N) is 1. The Labute approximate surface area is 115 Å². The number of nitrogens with one attached hydrogen (secondary N) is 1. The van der Waals surface area contributed by atoms with Crippen LogP contribution in [0.25, 0.3) is 0 Å². The Morgan fingerprint density at radius 2 is 1.89 bits per heavy atom. The van der Waals surface area contributed by atoms with E-state index in [9.17, 15) is 0 Å². The molecule has 0 aliphatic heterocycles. The van der Waals surface area contributed by atoms with E-state index in [0.29, 0.717) is 0 Å². The SMILES string of the molecule is Cc1cc(C)cc(CC(NN)c2ccc(Br)o2)c1. The van der Waals surface area contributed by atoms with E-state index in [1.165, 1.54) is 16.7 Å². The van der Waals surface area contributed by atoms with Gasteiger partial charge in [0.15, 0.2) is 4.67 Å². The number of halogens is 1. The van der Waals surface area contributed by atoms with Crippen molar-refractivity contribution in [1.82, 2.24) is 5.43 Å². The molecule has 1 aromatic heterocycles. The number of benzene rings is 1. The molecule has 2 aromatic rings. The summed E-state index contributed by atoms with van der Waals surface area (Å²) in [5.74, 6) is 6.45. The second-order valence-electron chi connectivity index (χ2n) is 4.56. The van der Waals surface area contributed by atoms with Crippen LogP contribution in [0.5, 0.6) is 0 Å². The van der Waals surface area contributed by atoms with E-state index in [-0.39, 0.29) is 6.04 Å². The summed E-state index contributed by atoms with van der Waals surface area (Å²) >= 11 is 3.30. The van der Waals surface area contributed by atoms with Crippen molar-refractivity contribution >= 4 is 15.9 Å². The van der Waals surface area contributed by atoms with Crippen molar-refractivity contribution in [3.63, 3.8) is 0 Å². The van der Waals surface area contributed by atoms with E-state index in [4.69, 9.17) is 10.3 Å². The van der Waals surface area contributed by atoms with E-state index < -0.39 is 0 Å². The standard InChI is InChI=1S/C14H17BrN2O/c1-9-5-10(2)7-11(6-9)8-12(17-16)13-3-4-14(15)18-13/h3-7,12,17H,8,16H2,1-2H3. The maximum Gasteiger partial charge on any atom is 0.169 e. The lowest BCUT2D eigenvalue weighted by Gasteiger charge is -2.14. The second kappa shape index (κ2) is 5.69. The molecule has 2 rings (SSSR count). The lowest BCUT2D eigenvalue weighted by atomic mass is 10.0. The monoisotopic (exact) mass is 308 g/mol. The quantitative estimate of drug-likeness (QED) is 0.672. The fraction of sp³-hybridized carbons (Fsp3) is 0.286. The smallest absolute Gasteiger partial charge is 0.169 e. The van der Waals surface area contributed by atoms with Gasteiger partial charge in [-0.1, -0.05) is 29.3 Å². The third-order valence-electron chi connectivity index (χ3n) is 2.86. The molecule has 0 bridgehead atoms. The lowest BCUT2D eigenvalue weighted by Crippen LogP contribution is -2.29. The van der Waals surface area contributed by atoms with Gasteiger partial charge in [0.2, 0.25) is 0 Å². The van der Waals surface area contributed by atoms with Crippen LogP contribution >= 0.6 is 15.9 Å². The summed E-state index contributed by atoms with van der Waals surface area (Å²) in [6.07, 6.45) is 0.805. The summed E-state index contributed by atoms with van der Waals surface area (Å²) in [6, 6.07) is 10.3. The number of rotatable bonds is 4. The average Bonchev–Trinajstić information content (AvgIpc) is 2.71. The minimum Gasteiger partial charge on any atom is -0.453 e. The first kappa shape index (κ1) is 13.3. The number of hydrogen-bond donors (Lipinski definition) is 2. The summed E-state index contributed by atoms with van der Waals surface area (Å²) in [6.45, 7) is 4.20.